The molecule has 1 atom stereocenters. The molecule has 4 fully saturated rings. The van der Waals surface area contributed by atoms with Gasteiger partial charge in [0.15, 0.2) is 0 Å². The highest BCUT2D eigenvalue weighted by Crippen LogP contribution is 2.57. The van der Waals surface area contributed by atoms with Crippen LogP contribution in [0.4, 0.5) is 0 Å². The van der Waals surface area contributed by atoms with E-state index in [0.29, 0.717) is 6.04 Å². The molecule has 0 amide bonds. The molecule has 4 aliphatic rings. The lowest BCUT2D eigenvalue weighted by atomic mass is 9.50. The van der Waals surface area contributed by atoms with Crippen molar-refractivity contribution >= 4 is 0 Å². The first-order valence-corrected chi connectivity index (χ1v) is 8.29. The Hall–Kier alpha value is -0.900. The molecule has 1 unspecified atom stereocenters. The van der Waals surface area contributed by atoms with Crippen LogP contribution in [0.15, 0.2) is 6.33 Å². The van der Waals surface area contributed by atoms with Crippen LogP contribution in [0, 0.1) is 29.6 Å². The summed E-state index contributed by atoms with van der Waals surface area (Å²) >= 11 is 0. The molecule has 110 valence electrons. The molecule has 4 heteroatoms. The molecule has 0 spiro atoms. The molecular formula is C16H26N4. The van der Waals surface area contributed by atoms with Crippen molar-refractivity contribution in [3.8, 4) is 0 Å². The van der Waals surface area contributed by atoms with E-state index in [1.165, 1.54) is 32.1 Å². The average Bonchev–Trinajstić information content (AvgIpc) is 2.80. The molecule has 4 saturated carbocycles. The summed E-state index contributed by atoms with van der Waals surface area (Å²) in [4.78, 5) is 4.32. The van der Waals surface area contributed by atoms with Gasteiger partial charge in [-0.2, -0.15) is 5.10 Å². The van der Waals surface area contributed by atoms with Crippen molar-refractivity contribution in [2.24, 2.45) is 42.4 Å². The number of aryl methyl sites for hydroxylation is 2. The standard InChI is InChI=1S/C16H26N4/c1-20-15(18-9-19-20)3-2-14(17)16-12-5-10-4-11(7-12)8-13(16)6-10/h9-14,16H,2-8,17H2,1H3. The van der Waals surface area contributed by atoms with Crippen LogP contribution < -0.4 is 5.73 Å². The Bertz CT molecular complexity index is 453. The molecule has 20 heavy (non-hydrogen) atoms. The van der Waals surface area contributed by atoms with Gasteiger partial charge in [0, 0.05) is 19.5 Å². The van der Waals surface area contributed by atoms with Gasteiger partial charge < -0.3 is 5.73 Å². The Morgan fingerprint density at radius 1 is 1.20 bits per heavy atom. The molecule has 0 radical (unpaired) electrons. The Morgan fingerprint density at radius 2 is 1.85 bits per heavy atom. The third kappa shape index (κ3) is 2.09. The maximum atomic E-state index is 6.61. The summed E-state index contributed by atoms with van der Waals surface area (Å²) < 4.78 is 1.88. The van der Waals surface area contributed by atoms with Crippen molar-refractivity contribution in [2.75, 3.05) is 0 Å². The van der Waals surface area contributed by atoms with Crippen molar-refractivity contribution in [1.29, 1.82) is 0 Å². The van der Waals surface area contributed by atoms with E-state index in [9.17, 15) is 0 Å². The van der Waals surface area contributed by atoms with Gasteiger partial charge in [-0.05, 0) is 68.1 Å². The third-order valence-corrected chi connectivity index (χ3v) is 6.30. The molecule has 4 nitrogen and oxygen atoms in total. The van der Waals surface area contributed by atoms with E-state index in [1.54, 1.807) is 6.33 Å². The van der Waals surface area contributed by atoms with E-state index in [1.807, 2.05) is 11.7 Å². The second-order valence-corrected chi connectivity index (χ2v) is 7.51. The van der Waals surface area contributed by atoms with Gasteiger partial charge in [-0.1, -0.05) is 0 Å². The summed E-state index contributed by atoms with van der Waals surface area (Å²) in [5.41, 5.74) is 6.61. The van der Waals surface area contributed by atoms with E-state index in [0.717, 1.165) is 48.3 Å². The van der Waals surface area contributed by atoms with Gasteiger partial charge in [0.1, 0.15) is 12.2 Å². The quantitative estimate of drug-likeness (QED) is 0.915. The lowest BCUT2D eigenvalue weighted by molar-refractivity contribution is -0.0475. The van der Waals surface area contributed by atoms with E-state index in [4.69, 9.17) is 5.73 Å². The van der Waals surface area contributed by atoms with E-state index >= 15 is 0 Å². The van der Waals surface area contributed by atoms with Crippen LogP contribution in [0.1, 0.15) is 44.3 Å². The van der Waals surface area contributed by atoms with Crippen LogP contribution in [-0.4, -0.2) is 20.8 Å². The minimum Gasteiger partial charge on any atom is -0.327 e. The van der Waals surface area contributed by atoms with E-state index in [-0.39, 0.29) is 0 Å². The topological polar surface area (TPSA) is 56.7 Å². The number of nitrogens with two attached hydrogens (primary N) is 1. The second-order valence-electron chi connectivity index (χ2n) is 7.51. The highest BCUT2D eigenvalue weighted by atomic mass is 15.3. The lowest BCUT2D eigenvalue weighted by Gasteiger charge is -2.56. The van der Waals surface area contributed by atoms with Crippen molar-refractivity contribution in [1.82, 2.24) is 14.8 Å². The second kappa shape index (κ2) is 4.83. The third-order valence-electron chi connectivity index (χ3n) is 6.30. The summed E-state index contributed by atoms with van der Waals surface area (Å²) in [5, 5.41) is 4.14. The molecule has 0 saturated heterocycles. The molecule has 5 rings (SSSR count). The Labute approximate surface area is 121 Å². The fourth-order valence-corrected chi connectivity index (χ4v) is 5.70. The minimum atomic E-state index is 0.363. The highest BCUT2D eigenvalue weighted by Gasteiger charge is 2.49. The zero-order chi connectivity index (χ0) is 13.7. The summed E-state index contributed by atoms with van der Waals surface area (Å²) in [7, 11) is 1.97. The molecule has 0 aliphatic heterocycles. The van der Waals surface area contributed by atoms with Crippen molar-refractivity contribution < 1.29 is 0 Å². The summed E-state index contributed by atoms with van der Waals surface area (Å²) in [6.45, 7) is 0. The normalized spacial score (nSPS) is 40.2. The van der Waals surface area contributed by atoms with Gasteiger partial charge in [-0.3, -0.25) is 4.68 Å². The van der Waals surface area contributed by atoms with Crippen LogP contribution >= 0.6 is 0 Å². The van der Waals surface area contributed by atoms with Gasteiger partial charge in [0.25, 0.3) is 0 Å². The lowest BCUT2D eigenvalue weighted by Crippen LogP contribution is -2.51. The van der Waals surface area contributed by atoms with Crippen molar-refractivity contribution in [2.45, 2.75) is 51.0 Å². The van der Waals surface area contributed by atoms with Crippen LogP contribution in [0.25, 0.3) is 0 Å². The number of hydrogen-bond donors (Lipinski definition) is 1. The maximum absolute atomic E-state index is 6.61. The predicted octanol–water partition coefficient (Wildman–Crippen LogP) is 2.15. The Morgan fingerprint density at radius 3 is 2.40 bits per heavy atom. The monoisotopic (exact) mass is 274 g/mol. The first-order chi connectivity index (χ1) is 9.70. The molecule has 1 aromatic heterocycles. The number of rotatable bonds is 4. The summed E-state index contributed by atoms with van der Waals surface area (Å²) in [5.74, 6) is 5.81. The van der Waals surface area contributed by atoms with E-state index in [2.05, 4.69) is 10.1 Å². The van der Waals surface area contributed by atoms with Crippen LogP contribution in [-0.2, 0) is 13.5 Å². The molecule has 4 aliphatic carbocycles. The van der Waals surface area contributed by atoms with Gasteiger partial charge in [-0.25, -0.2) is 4.98 Å². The molecule has 2 N–H and O–H groups in total. The maximum Gasteiger partial charge on any atom is 0.138 e. The largest absolute Gasteiger partial charge is 0.327 e. The van der Waals surface area contributed by atoms with Crippen LogP contribution in [0.3, 0.4) is 0 Å². The van der Waals surface area contributed by atoms with Crippen molar-refractivity contribution in [3.63, 3.8) is 0 Å². The van der Waals surface area contributed by atoms with Gasteiger partial charge >= 0.3 is 0 Å². The Balaban J connectivity index is 1.41. The molecule has 0 aromatic carbocycles. The van der Waals surface area contributed by atoms with E-state index < -0.39 is 0 Å². The van der Waals surface area contributed by atoms with Crippen LogP contribution in [0.2, 0.25) is 0 Å². The number of aromatic nitrogens is 3. The first kappa shape index (κ1) is 12.8. The smallest absolute Gasteiger partial charge is 0.138 e. The van der Waals surface area contributed by atoms with Gasteiger partial charge in [-0.15, -0.1) is 0 Å². The summed E-state index contributed by atoms with van der Waals surface area (Å²) in [6, 6.07) is 0.363. The first-order valence-electron chi connectivity index (χ1n) is 8.29. The predicted molar refractivity (Wildman–Crippen MR) is 77.8 cm³/mol. The Kier molecular flexibility index (Phi) is 3.09. The fraction of sp³-hybridized carbons (Fsp3) is 0.875. The minimum absolute atomic E-state index is 0.363. The van der Waals surface area contributed by atoms with Gasteiger partial charge in [0.05, 0.1) is 0 Å². The SMILES string of the molecule is Cn1ncnc1CCC(N)C1C2CC3CC(C2)CC1C3. The number of hydrogen-bond acceptors (Lipinski definition) is 3. The zero-order valence-electron chi connectivity index (χ0n) is 12.4. The summed E-state index contributed by atoms with van der Waals surface area (Å²) in [6.07, 6.45) is 11.1. The van der Waals surface area contributed by atoms with Gasteiger partial charge in [0.2, 0.25) is 0 Å². The van der Waals surface area contributed by atoms with Crippen molar-refractivity contribution in [3.05, 3.63) is 12.2 Å². The zero-order valence-corrected chi connectivity index (χ0v) is 12.4. The fourth-order valence-electron chi connectivity index (χ4n) is 5.70. The average molecular weight is 274 g/mol. The molecule has 1 heterocycles. The van der Waals surface area contributed by atoms with Crippen LogP contribution in [0.5, 0.6) is 0 Å². The molecule has 4 bridgehead atoms. The number of nitrogens with zero attached hydrogens (tertiary/aromatic N) is 3. The molecular weight excluding hydrogens is 248 g/mol. The molecule has 1 aromatic rings. The highest BCUT2D eigenvalue weighted by molar-refractivity contribution is 5.01.